The molecule has 0 spiro atoms. The fraction of sp³-hybridized carbons (Fsp3) is 0.417. The van der Waals surface area contributed by atoms with Gasteiger partial charge in [-0.2, -0.15) is 0 Å². The molecule has 1 saturated heterocycles. The fourth-order valence-corrected chi connectivity index (χ4v) is 2.33. The van der Waals surface area contributed by atoms with Crippen molar-refractivity contribution in [1.29, 1.82) is 0 Å². The fourth-order valence-electron chi connectivity index (χ4n) is 2.33. The Kier molecular flexibility index (Phi) is 1.83. The van der Waals surface area contributed by atoms with Crippen LogP contribution in [0.1, 0.15) is 18.1 Å². The number of amides is 1. The molecular formula is C12H13NO2. The van der Waals surface area contributed by atoms with Crippen LogP contribution in [-0.4, -0.2) is 18.1 Å². The molecule has 1 aromatic carbocycles. The molecule has 2 atom stereocenters. The lowest BCUT2D eigenvalue weighted by molar-refractivity contribution is -0.114. The number of hydrogen-bond acceptors (Lipinski definition) is 2. The van der Waals surface area contributed by atoms with E-state index in [0.29, 0.717) is 12.2 Å². The SMILES string of the molecule is CC(=O)Nc1cccc2c1C[C@H]1O[C@@H]1C2. The second-order valence-corrected chi connectivity index (χ2v) is 4.25. The third kappa shape index (κ3) is 1.53. The first-order valence-corrected chi connectivity index (χ1v) is 5.28. The average Bonchev–Trinajstić information content (AvgIpc) is 2.92. The molecule has 0 saturated carbocycles. The van der Waals surface area contributed by atoms with Gasteiger partial charge in [0.2, 0.25) is 5.91 Å². The predicted octanol–water partition coefficient (Wildman–Crippen LogP) is 1.51. The Labute approximate surface area is 88.4 Å². The Morgan fingerprint density at radius 2 is 2.20 bits per heavy atom. The molecule has 1 N–H and O–H groups in total. The topological polar surface area (TPSA) is 41.6 Å². The van der Waals surface area contributed by atoms with Crippen LogP contribution in [0.3, 0.4) is 0 Å². The highest BCUT2D eigenvalue weighted by Gasteiger charge is 2.43. The molecule has 0 aromatic heterocycles. The van der Waals surface area contributed by atoms with Gasteiger partial charge in [-0.3, -0.25) is 4.79 Å². The first-order chi connectivity index (χ1) is 7.24. The van der Waals surface area contributed by atoms with Gasteiger partial charge in [-0.1, -0.05) is 12.1 Å². The molecule has 0 unspecified atom stereocenters. The number of carbonyl (C=O) groups excluding carboxylic acids is 1. The van der Waals surface area contributed by atoms with Crippen LogP contribution in [0.4, 0.5) is 5.69 Å². The number of anilines is 1. The molecule has 1 amide bonds. The van der Waals surface area contributed by atoms with E-state index in [4.69, 9.17) is 4.74 Å². The minimum atomic E-state index is -0.0118. The van der Waals surface area contributed by atoms with E-state index in [-0.39, 0.29) is 5.91 Å². The van der Waals surface area contributed by atoms with Crippen molar-refractivity contribution >= 4 is 11.6 Å². The standard InChI is InChI=1S/C12H13NO2/c1-7(14)13-10-4-2-3-8-5-11-12(15-11)6-9(8)10/h2-4,11-12H,5-6H2,1H3,(H,13,14)/t11-,12-/m1/s1. The lowest BCUT2D eigenvalue weighted by atomic mass is 9.90. The van der Waals surface area contributed by atoms with E-state index in [9.17, 15) is 4.79 Å². The van der Waals surface area contributed by atoms with Crippen molar-refractivity contribution in [3.63, 3.8) is 0 Å². The lowest BCUT2D eigenvalue weighted by Crippen LogP contribution is -2.16. The first-order valence-electron chi connectivity index (χ1n) is 5.28. The molecule has 78 valence electrons. The minimum absolute atomic E-state index is 0.0118. The number of rotatable bonds is 1. The molecule has 1 aliphatic carbocycles. The first kappa shape index (κ1) is 8.92. The highest BCUT2D eigenvalue weighted by molar-refractivity contribution is 5.89. The number of benzene rings is 1. The summed E-state index contributed by atoms with van der Waals surface area (Å²) < 4.78 is 5.51. The van der Waals surface area contributed by atoms with E-state index >= 15 is 0 Å². The van der Waals surface area contributed by atoms with Gasteiger partial charge in [0.05, 0.1) is 12.2 Å². The van der Waals surface area contributed by atoms with Crippen LogP contribution in [-0.2, 0) is 22.4 Å². The average molecular weight is 203 g/mol. The van der Waals surface area contributed by atoms with Crippen LogP contribution < -0.4 is 5.32 Å². The van der Waals surface area contributed by atoms with Gasteiger partial charge < -0.3 is 10.1 Å². The number of hydrogen-bond donors (Lipinski definition) is 1. The van der Waals surface area contributed by atoms with E-state index in [2.05, 4.69) is 11.4 Å². The van der Waals surface area contributed by atoms with Gasteiger partial charge in [0.1, 0.15) is 0 Å². The molecule has 3 nitrogen and oxygen atoms in total. The molecule has 3 heteroatoms. The summed E-state index contributed by atoms with van der Waals surface area (Å²) >= 11 is 0. The molecule has 0 bridgehead atoms. The van der Waals surface area contributed by atoms with Crippen molar-refractivity contribution in [3.05, 3.63) is 29.3 Å². The number of carbonyl (C=O) groups is 1. The zero-order valence-corrected chi connectivity index (χ0v) is 8.62. The quantitative estimate of drug-likeness (QED) is 0.703. The van der Waals surface area contributed by atoms with Crippen molar-refractivity contribution in [1.82, 2.24) is 0 Å². The molecule has 1 fully saturated rings. The van der Waals surface area contributed by atoms with Crippen molar-refractivity contribution < 1.29 is 9.53 Å². The summed E-state index contributed by atoms with van der Waals surface area (Å²) in [7, 11) is 0. The van der Waals surface area contributed by atoms with Crippen molar-refractivity contribution in [2.75, 3.05) is 5.32 Å². The summed E-state index contributed by atoms with van der Waals surface area (Å²) in [4.78, 5) is 11.0. The number of fused-ring (bicyclic) bond motifs is 2. The second kappa shape index (κ2) is 3.07. The summed E-state index contributed by atoms with van der Waals surface area (Å²) in [5, 5.41) is 2.88. The minimum Gasteiger partial charge on any atom is -0.369 e. The van der Waals surface area contributed by atoms with Gasteiger partial charge in [0.25, 0.3) is 0 Å². The summed E-state index contributed by atoms with van der Waals surface area (Å²) in [5.74, 6) is -0.0118. The smallest absolute Gasteiger partial charge is 0.221 e. The van der Waals surface area contributed by atoms with Gasteiger partial charge in [-0.25, -0.2) is 0 Å². The van der Waals surface area contributed by atoms with Crippen LogP contribution >= 0.6 is 0 Å². The van der Waals surface area contributed by atoms with Gasteiger partial charge in [0, 0.05) is 25.5 Å². The largest absolute Gasteiger partial charge is 0.369 e. The van der Waals surface area contributed by atoms with Gasteiger partial charge in [0.15, 0.2) is 0 Å². The zero-order valence-electron chi connectivity index (χ0n) is 8.62. The monoisotopic (exact) mass is 203 g/mol. The predicted molar refractivity (Wildman–Crippen MR) is 56.8 cm³/mol. The Morgan fingerprint density at radius 3 is 3.00 bits per heavy atom. The Hall–Kier alpha value is -1.35. The van der Waals surface area contributed by atoms with Crippen LogP contribution in [0.15, 0.2) is 18.2 Å². The normalized spacial score (nSPS) is 26.5. The van der Waals surface area contributed by atoms with Crippen LogP contribution in [0.5, 0.6) is 0 Å². The Bertz CT molecular complexity index is 428. The van der Waals surface area contributed by atoms with E-state index in [1.54, 1.807) is 6.92 Å². The third-order valence-corrected chi connectivity index (χ3v) is 3.10. The van der Waals surface area contributed by atoms with E-state index in [0.717, 1.165) is 18.5 Å². The molecular weight excluding hydrogens is 190 g/mol. The summed E-state index contributed by atoms with van der Waals surface area (Å²) in [6, 6.07) is 6.08. The maximum atomic E-state index is 11.0. The van der Waals surface area contributed by atoms with Crippen molar-refractivity contribution in [2.24, 2.45) is 0 Å². The van der Waals surface area contributed by atoms with E-state index < -0.39 is 0 Å². The van der Waals surface area contributed by atoms with Crippen molar-refractivity contribution in [3.8, 4) is 0 Å². The van der Waals surface area contributed by atoms with Gasteiger partial charge >= 0.3 is 0 Å². The highest BCUT2D eigenvalue weighted by atomic mass is 16.6. The van der Waals surface area contributed by atoms with E-state index in [1.807, 2.05) is 12.1 Å². The van der Waals surface area contributed by atoms with E-state index in [1.165, 1.54) is 11.1 Å². The molecule has 1 heterocycles. The summed E-state index contributed by atoms with van der Waals surface area (Å²) in [6.07, 6.45) is 2.77. The third-order valence-electron chi connectivity index (χ3n) is 3.10. The molecule has 0 radical (unpaired) electrons. The molecule has 3 rings (SSSR count). The maximum Gasteiger partial charge on any atom is 0.221 e. The zero-order chi connectivity index (χ0) is 10.4. The van der Waals surface area contributed by atoms with Crippen LogP contribution in [0, 0.1) is 0 Å². The highest BCUT2D eigenvalue weighted by Crippen LogP contribution is 2.38. The number of epoxide rings is 1. The van der Waals surface area contributed by atoms with Crippen LogP contribution in [0.2, 0.25) is 0 Å². The number of ether oxygens (including phenoxy) is 1. The molecule has 1 aliphatic heterocycles. The molecule has 15 heavy (non-hydrogen) atoms. The molecule has 2 aliphatic rings. The Balaban J connectivity index is 1.98. The summed E-state index contributed by atoms with van der Waals surface area (Å²) in [5.41, 5.74) is 3.53. The van der Waals surface area contributed by atoms with Crippen LogP contribution in [0.25, 0.3) is 0 Å². The number of nitrogens with one attached hydrogen (secondary N) is 1. The molecule has 1 aromatic rings. The van der Waals surface area contributed by atoms with Crippen molar-refractivity contribution in [2.45, 2.75) is 32.0 Å². The second-order valence-electron chi connectivity index (χ2n) is 4.25. The summed E-state index contributed by atoms with van der Waals surface area (Å²) in [6.45, 7) is 1.54. The Morgan fingerprint density at radius 1 is 1.40 bits per heavy atom. The maximum absolute atomic E-state index is 11.0. The van der Waals surface area contributed by atoms with Gasteiger partial charge in [-0.15, -0.1) is 0 Å². The van der Waals surface area contributed by atoms with Gasteiger partial charge in [-0.05, 0) is 17.2 Å². The lowest BCUT2D eigenvalue weighted by Gasteiger charge is -2.16.